The standard InChI is InChI=1S/C11H14FN3O.2ClH/c1-8-5-13-2-3-15(8)11(16)9-4-10(12)7-14-6-9;;/h4,6-8,13H,2-3,5H2,1H3;2*1H/t8-;;/m1../s1. The summed E-state index contributed by atoms with van der Waals surface area (Å²) in [6.45, 7) is 4.17. The van der Waals surface area contributed by atoms with Crippen molar-refractivity contribution >= 4 is 30.7 Å². The van der Waals surface area contributed by atoms with E-state index in [1.807, 2.05) is 6.92 Å². The van der Waals surface area contributed by atoms with Gasteiger partial charge in [0.05, 0.1) is 11.8 Å². The van der Waals surface area contributed by atoms with Crippen LogP contribution in [0.2, 0.25) is 0 Å². The molecule has 4 nitrogen and oxygen atoms in total. The number of carbonyl (C=O) groups is 1. The highest BCUT2D eigenvalue weighted by atomic mass is 35.5. The van der Waals surface area contributed by atoms with E-state index in [1.54, 1.807) is 4.90 Å². The van der Waals surface area contributed by atoms with E-state index in [0.29, 0.717) is 12.1 Å². The van der Waals surface area contributed by atoms with E-state index in [9.17, 15) is 9.18 Å². The molecule has 1 amide bonds. The number of halogens is 3. The van der Waals surface area contributed by atoms with Crippen LogP contribution in [0.1, 0.15) is 17.3 Å². The fourth-order valence-corrected chi connectivity index (χ4v) is 1.84. The van der Waals surface area contributed by atoms with Crippen LogP contribution in [0.4, 0.5) is 4.39 Å². The summed E-state index contributed by atoms with van der Waals surface area (Å²) in [5, 5.41) is 3.20. The molecule has 0 aromatic carbocycles. The number of carbonyl (C=O) groups excluding carboxylic acids is 1. The third kappa shape index (κ3) is 3.80. The number of piperazine rings is 1. The summed E-state index contributed by atoms with van der Waals surface area (Å²) in [5.41, 5.74) is 0.314. The predicted molar refractivity (Wildman–Crippen MR) is 72.1 cm³/mol. The normalized spacial score (nSPS) is 18.6. The van der Waals surface area contributed by atoms with E-state index in [2.05, 4.69) is 10.3 Å². The average molecular weight is 296 g/mol. The lowest BCUT2D eigenvalue weighted by molar-refractivity contribution is 0.0655. The van der Waals surface area contributed by atoms with Gasteiger partial charge in [0.25, 0.3) is 5.91 Å². The van der Waals surface area contributed by atoms with Gasteiger partial charge in [0, 0.05) is 31.9 Å². The SMILES string of the molecule is C[C@@H]1CNCCN1C(=O)c1cncc(F)c1.Cl.Cl. The molecule has 1 N–H and O–H groups in total. The smallest absolute Gasteiger partial charge is 0.255 e. The summed E-state index contributed by atoms with van der Waals surface area (Å²) in [4.78, 5) is 17.5. The Morgan fingerprint density at radius 1 is 1.50 bits per heavy atom. The quantitative estimate of drug-likeness (QED) is 0.854. The lowest BCUT2D eigenvalue weighted by Gasteiger charge is -2.33. The van der Waals surface area contributed by atoms with Gasteiger partial charge in [-0.15, -0.1) is 24.8 Å². The van der Waals surface area contributed by atoms with Crippen molar-refractivity contribution in [2.24, 2.45) is 0 Å². The Kier molecular flexibility index (Phi) is 7.13. The molecule has 1 fully saturated rings. The molecular weight excluding hydrogens is 280 g/mol. The van der Waals surface area contributed by atoms with Crippen LogP contribution in [0.3, 0.4) is 0 Å². The lowest BCUT2D eigenvalue weighted by Crippen LogP contribution is -2.52. The van der Waals surface area contributed by atoms with Crippen molar-refractivity contribution in [1.29, 1.82) is 0 Å². The van der Waals surface area contributed by atoms with E-state index in [4.69, 9.17) is 0 Å². The number of aromatic nitrogens is 1. The number of hydrogen-bond acceptors (Lipinski definition) is 3. The van der Waals surface area contributed by atoms with Crippen LogP contribution < -0.4 is 5.32 Å². The summed E-state index contributed by atoms with van der Waals surface area (Å²) in [7, 11) is 0. The molecule has 0 unspecified atom stereocenters. The molecule has 0 spiro atoms. The Balaban J connectivity index is 0.00000144. The van der Waals surface area contributed by atoms with Crippen molar-refractivity contribution in [2.45, 2.75) is 13.0 Å². The molecule has 1 aliphatic heterocycles. The molecule has 18 heavy (non-hydrogen) atoms. The first kappa shape index (κ1) is 17.1. The Hall–Kier alpha value is -0.910. The second kappa shape index (κ2) is 7.51. The Bertz CT molecular complexity index is 406. The molecule has 0 aliphatic carbocycles. The first-order valence-electron chi connectivity index (χ1n) is 5.30. The van der Waals surface area contributed by atoms with Crippen LogP contribution in [0.15, 0.2) is 18.5 Å². The predicted octanol–water partition coefficient (Wildman–Crippen LogP) is 1.50. The number of nitrogens with one attached hydrogen (secondary N) is 1. The second-order valence-electron chi connectivity index (χ2n) is 3.94. The maximum Gasteiger partial charge on any atom is 0.255 e. The van der Waals surface area contributed by atoms with Crippen LogP contribution in [0, 0.1) is 5.82 Å². The van der Waals surface area contributed by atoms with Gasteiger partial charge in [0.1, 0.15) is 5.82 Å². The molecule has 1 saturated heterocycles. The molecule has 2 heterocycles. The monoisotopic (exact) mass is 295 g/mol. The van der Waals surface area contributed by atoms with Gasteiger partial charge in [0.15, 0.2) is 0 Å². The molecule has 1 aromatic heterocycles. The summed E-state index contributed by atoms with van der Waals surface area (Å²) in [5.74, 6) is -0.630. The molecule has 0 radical (unpaired) electrons. The lowest BCUT2D eigenvalue weighted by atomic mass is 10.1. The summed E-state index contributed by atoms with van der Waals surface area (Å²) in [6.07, 6.45) is 2.50. The molecule has 0 bridgehead atoms. The molecule has 2 rings (SSSR count). The maximum atomic E-state index is 12.9. The van der Waals surface area contributed by atoms with Crippen LogP contribution in [-0.2, 0) is 0 Å². The number of rotatable bonds is 1. The van der Waals surface area contributed by atoms with Crippen LogP contribution in [0.5, 0.6) is 0 Å². The topological polar surface area (TPSA) is 45.2 Å². The third-order valence-corrected chi connectivity index (χ3v) is 2.71. The third-order valence-electron chi connectivity index (χ3n) is 2.71. The second-order valence-corrected chi connectivity index (χ2v) is 3.94. The highest BCUT2D eigenvalue weighted by molar-refractivity contribution is 5.94. The van der Waals surface area contributed by atoms with E-state index < -0.39 is 5.82 Å². The highest BCUT2D eigenvalue weighted by Crippen LogP contribution is 2.10. The Morgan fingerprint density at radius 3 is 2.83 bits per heavy atom. The van der Waals surface area contributed by atoms with E-state index >= 15 is 0 Å². The van der Waals surface area contributed by atoms with Crippen LogP contribution >= 0.6 is 24.8 Å². The Morgan fingerprint density at radius 2 is 2.22 bits per heavy atom. The maximum absolute atomic E-state index is 12.9. The zero-order valence-electron chi connectivity index (χ0n) is 9.93. The average Bonchev–Trinajstić information content (AvgIpc) is 2.29. The van der Waals surface area contributed by atoms with Gasteiger partial charge in [-0.3, -0.25) is 9.78 Å². The minimum Gasteiger partial charge on any atom is -0.333 e. The van der Waals surface area contributed by atoms with E-state index in [-0.39, 0.29) is 36.8 Å². The fourth-order valence-electron chi connectivity index (χ4n) is 1.84. The number of nitrogens with zero attached hydrogens (tertiary/aromatic N) is 2. The molecule has 0 saturated carbocycles. The largest absolute Gasteiger partial charge is 0.333 e. The molecule has 7 heteroatoms. The first-order chi connectivity index (χ1) is 7.68. The van der Waals surface area contributed by atoms with Crippen molar-refractivity contribution < 1.29 is 9.18 Å². The number of hydrogen-bond donors (Lipinski definition) is 1. The minimum atomic E-state index is -0.478. The van der Waals surface area contributed by atoms with Crippen molar-refractivity contribution in [1.82, 2.24) is 15.2 Å². The van der Waals surface area contributed by atoms with Gasteiger partial charge in [-0.05, 0) is 13.0 Å². The molecule has 1 aromatic rings. The van der Waals surface area contributed by atoms with Crippen molar-refractivity contribution in [3.63, 3.8) is 0 Å². The molecule has 102 valence electrons. The van der Waals surface area contributed by atoms with Crippen LogP contribution in [-0.4, -0.2) is 41.5 Å². The fraction of sp³-hybridized carbons (Fsp3) is 0.455. The summed E-state index contributed by atoms with van der Waals surface area (Å²) >= 11 is 0. The van der Waals surface area contributed by atoms with Gasteiger partial charge in [-0.1, -0.05) is 0 Å². The van der Waals surface area contributed by atoms with Gasteiger partial charge < -0.3 is 10.2 Å². The van der Waals surface area contributed by atoms with Crippen molar-refractivity contribution in [2.75, 3.05) is 19.6 Å². The van der Waals surface area contributed by atoms with E-state index in [0.717, 1.165) is 19.3 Å². The summed E-state index contributed by atoms with van der Waals surface area (Å²) < 4.78 is 12.9. The van der Waals surface area contributed by atoms with Crippen molar-refractivity contribution in [3.05, 3.63) is 29.8 Å². The minimum absolute atomic E-state index is 0. The number of amides is 1. The van der Waals surface area contributed by atoms with Gasteiger partial charge >= 0.3 is 0 Å². The van der Waals surface area contributed by atoms with Crippen LogP contribution in [0.25, 0.3) is 0 Å². The molecule has 1 aliphatic rings. The van der Waals surface area contributed by atoms with E-state index in [1.165, 1.54) is 12.3 Å². The highest BCUT2D eigenvalue weighted by Gasteiger charge is 2.24. The van der Waals surface area contributed by atoms with Gasteiger partial charge in [0.2, 0.25) is 0 Å². The summed E-state index contributed by atoms with van der Waals surface area (Å²) in [6, 6.07) is 1.36. The molecule has 1 atom stereocenters. The van der Waals surface area contributed by atoms with Crippen molar-refractivity contribution in [3.8, 4) is 0 Å². The zero-order chi connectivity index (χ0) is 11.5. The molecular formula is C11H16Cl2FN3O. The Labute approximate surface area is 118 Å². The van der Waals surface area contributed by atoms with Gasteiger partial charge in [-0.25, -0.2) is 4.39 Å². The number of pyridine rings is 1. The zero-order valence-corrected chi connectivity index (χ0v) is 11.6. The first-order valence-corrected chi connectivity index (χ1v) is 5.30. The van der Waals surface area contributed by atoms with Gasteiger partial charge in [-0.2, -0.15) is 0 Å².